The summed E-state index contributed by atoms with van der Waals surface area (Å²) in [6.07, 6.45) is 1.10. The first-order valence-corrected chi connectivity index (χ1v) is 7.15. The molecule has 1 heterocycles. The lowest BCUT2D eigenvalue weighted by Crippen LogP contribution is -2.29. The van der Waals surface area contributed by atoms with Gasteiger partial charge in [0.15, 0.2) is 5.78 Å². The number of rotatable bonds is 9. The zero-order valence-corrected chi connectivity index (χ0v) is 11.6. The van der Waals surface area contributed by atoms with Crippen LogP contribution in [0.4, 0.5) is 0 Å². The lowest BCUT2D eigenvalue weighted by Gasteiger charge is -2.17. The first-order valence-electron chi connectivity index (χ1n) is 6.27. The van der Waals surface area contributed by atoms with Crippen LogP contribution in [-0.4, -0.2) is 43.4 Å². The third-order valence-electron chi connectivity index (χ3n) is 2.80. The lowest BCUT2D eigenvalue weighted by molar-refractivity contribution is 0.0994. The summed E-state index contributed by atoms with van der Waals surface area (Å²) in [6.45, 7) is 9.03. The van der Waals surface area contributed by atoms with E-state index in [4.69, 9.17) is 0 Å². The predicted octanol–water partition coefficient (Wildman–Crippen LogP) is 2.25. The molecule has 0 bridgehead atoms. The summed E-state index contributed by atoms with van der Waals surface area (Å²) >= 11 is 1.51. The quantitative estimate of drug-likeness (QED) is 0.542. The van der Waals surface area contributed by atoms with Gasteiger partial charge in [-0.1, -0.05) is 19.9 Å². The molecular weight excluding hydrogens is 232 g/mol. The third kappa shape index (κ3) is 5.44. The second kappa shape index (κ2) is 8.39. The first kappa shape index (κ1) is 14.4. The summed E-state index contributed by atoms with van der Waals surface area (Å²) in [5.74, 6) is 0.197. The first-order chi connectivity index (χ1) is 8.27. The minimum atomic E-state index is 0.197. The van der Waals surface area contributed by atoms with E-state index in [1.807, 2.05) is 17.5 Å². The van der Waals surface area contributed by atoms with Gasteiger partial charge in [-0.15, -0.1) is 11.3 Å². The SMILES string of the molecule is CCN(CC)CCCNCC(=O)c1cccs1. The normalized spacial score (nSPS) is 11.0. The predicted molar refractivity (Wildman–Crippen MR) is 73.9 cm³/mol. The minimum Gasteiger partial charge on any atom is -0.310 e. The molecule has 0 unspecified atom stereocenters. The molecule has 1 aromatic heterocycles. The van der Waals surface area contributed by atoms with E-state index in [0.717, 1.165) is 37.5 Å². The Hall–Kier alpha value is -0.710. The fraction of sp³-hybridized carbons (Fsp3) is 0.615. The van der Waals surface area contributed by atoms with Crippen LogP contribution in [0.5, 0.6) is 0 Å². The van der Waals surface area contributed by atoms with Gasteiger partial charge >= 0.3 is 0 Å². The molecule has 0 amide bonds. The summed E-state index contributed by atoms with van der Waals surface area (Å²) in [5.41, 5.74) is 0. The number of carbonyl (C=O) groups is 1. The van der Waals surface area contributed by atoms with Crippen molar-refractivity contribution in [1.29, 1.82) is 0 Å². The number of ketones is 1. The van der Waals surface area contributed by atoms with Crippen LogP contribution >= 0.6 is 11.3 Å². The number of hydrogen-bond donors (Lipinski definition) is 1. The molecule has 0 spiro atoms. The summed E-state index contributed by atoms with van der Waals surface area (Å²) in [7, 11) is 0. The van der Waals surface area contributed by atoms with Gasteiger partial charge in [-0.25, -0.2) is 0 Å². The van der Waals surface area contributed by atoms with Gasteiger partial charge in [0.25, 0.3) is 0 Å². The van der Waals surface area contributed by atoms with E-state index in [1.165, 1.54) is 11.3 Å². The van der Waals surface area contributed by atoms with Crippen LogP contribution < -0.4 is 5.32 Å². The van der Waals surface area contributed by atoms with Crippen LogP contribution in [0.15, 0.2) is 17.5 Å². The highest BCUT2D eigenvalue weighted by molar-refractivity contribution is 7.12. The fourth-order valence-corrected chi connectivity index (χ4v) is 2.36. The van der Waals surface area contributed by atoms with Gasteiger partial charge in [-0.3, -0.25) is 4.79 Å². The average Bonchev–Trinajstić information content (AvgIpc) is 2.87. The Labute approximate surface area is 108 Å². The Morgan fingerprint density at radius 3 is 2.76 bits per heavy atom. The van der Waals surface area contributed by atoms with Gasteiger partial charge in [0, 0.05) is 0 Å². The number of hydrogen-bond acceptors (Lipinski definition) is 4. The van der Waals surface area contributed by atoms with E-state index in [-0.39, 0.29) is 5.78 Å². The largest absolute Gasteiger partial charge is 0.310 e. The molecule has 0 saturated heterocycles. The zero-order valence-electron chi connectivity index (χ0n) is 10.7. The molecule has 4 heteroatoms. The smallest absolute Gasteiger partial charge is 0.186 e. The molecule has 0 atom stereocenters. The van der Waals surface area contributed by atoms with Gasteiger partial charge in [0.1, 0.15) is 0 Å². The Balaban J connectivity index is 2.06. The molecule has 1 rings (SSSR count). The molecular formula is C13H22N2OS. The van der Waals surface area contributed by atoms with Gasteiger partial charge in [0.05, 0.1) is 11.4 Å². The van der Waals surface area contributed by atoms with Gasteiger partial charge < -0.3 is 10.2 Å². The molecule has 3 nitrogen and oxygen atoms in total. The highest BCUT2D eigenvalue weighted by atomic mass is 32.1. The van der Waals surface area contributed by atoms with E-state index in [1.54, 1.807) is 0 Å². The van der Waals surface area contributed by atoms with Crippen molar-refractivity contribution in [3.8, 4) is 0 Å². The molecule has 17 heavy (non-hydrogen) atoms. The average molecular weight is 254 g/mol. The van der Waals surface area contributed by atoms with E-state index in [9.17, 15) is 4.79 Å². The summed E-state index contributed by atoms with van der Waals surface area (Å²) in [5, 5.41) is 5.15. The van der Waals surface area contributed by atoms with Crippen molar-refractivity contribution in [2.75, 3.05) is 32.7 Å². The summed E-state index contributed by atoms with van der Waals surface area (Å²) in [4.78, 5) is 14.9. The number of nitrogens with zero attached hydrogens (tertiary/aromatic N) is 1. The third-order valence-corrected chi connectivity index (χ3v) is 3.71. The molecule has 1 aromatic rings. The second-order valence-electron chi connectivity index (χ2n) is 3.96. The van der Waals surface area contributed by atoms with Crippen molar-refractivity contribution < 1.29 is 4.79 Å². The van der Waals surface area contributed by atoms with E-state index in [2.05, 4.69) is 24.1 Å². The lowest BCUT2D eigenvalue weighted by atomic mass is 10.3. The molecule has 0 fully saturated rings. The monoisotopic (exact) mass is 254 g/mol. The maximum absolute atomic E-state index is 11.7. The van der Waals surface area contributed by atoms with Crippen LogP contribution in [0.25, 0.3) is 0 Å². The standard InChI is InChI=1S/C13H22N2OS/c1-3-15(4-2)9-6-8-14-11-12(16)13-7-5-10-17-13/h5,7,10,14H,3-4,6,8-9,11H2,1-2H3. The van der Waals surface area contributed by atoms with Crippen LogP contribution in [-0.2, 0) is 0 Å². The summed E-state index contributed by atoms with van der Waals surface area (Å²) in [6, 6.07) is 3.79. The van der Waals surface area contributed by atoms with Gasteiger partial charge in [0.2, 0.25) is 0 Å². The highest BCUT2D eigenvalue weighted by Gasteiger charge is 2.05. The molecule has 96 valence electrons. The van der Waals surface area contributed by atoms with Gasteiger partial charge in [-0.05, 0) is 44.0 Å². The Kier molecular flexibility index (Phi) is 7.08. The molecule has 1 N–H and O–H groups in total. The van der Waals surface area contributed by atoms with Crippen LogP contribution in [0.3, 0.4) is 0 Å². The van der Waals surface area contributed by atoms with E-state index in [0.29, 0.717) is 6.54 Å². The summed E-state index contributed by atoms with van der Waals surface area (Å²) < 4.78 is 0. The molecule has 0 saturated carbocycles. The van der Waals surface area contributed by atoms with Crippen molar-refractivity contribution in [1.82, 2.24) is 10.2 Å². The number of nitrogens with one attached hydrogen (secondary N) is 1. The number of thiophene rings is 1. The molecule has 0 aliphatic heterocycles. The van der Waals surface area contributed by atoms with Crippen molar-refractivity contribution in [2.24, 2.45) is 0 Å². The Morgan fingerprint density at radius 1 is 1.41 bits per heavy atom. The fourth-order valence-electron chi connectivity index (χ4n) is 1.69. The topological polar surface area (TPSA) is 32.3 Å². The number of Topliss-reactive ketones (excluding diaryl/α,β-unsaturated/α-hetero) is 1. The van der Waals surface area contributed by atoms with Crippen molar-refractivity contribution in [3.63, 3.8) is 0 Å². The maximum Gasteiger partial charge on any atom is 0.186 e. The van der Waals surface area contributed by atoms with E-state index >= 15 is 0 Å². The highest BCUT2D eigenvalue weighted by Crippen LogP contribution is 2.08. The Morgan fingerprint density at radius 2 is 2.18 bits per heavy atom. The van der Waals surface area contributed by atoms with Gasteiger partial charge in [-0.2, -0.15) is 0 Å². The minimum absolute atomic E-state index is 0.197. The van der Waals surface area contributed by atoms with Crippen LogP contribution in [0, 0.1) is 0 Å². The Bertz CT molecular complexity index is 307. The second-order valence-corrected chi connectivity index (χ2v) is 4.91. The number of carbonyl (C=O) groups excluding carboxylic acids is 1. The van der Waals surface area contributed by atoms with Crippen molar-refractivity contribution in [2.45, 2.75) is 20.3 Å². The molecule has 0 aliphatic carbocycles. The van der Waals surface area contributed by atoms with E-state index < -0.39 is 0 Å². The molecule has 0 aromatic carbocycles. The van der Waals surface area contributed by atoms with Crippen LogP contribution in [0.1, 0.15) is 29.9 Å². The zero-order chi connectivity index (χ0) is 12.5. The van der Waals surface area contributed by atoms with Crippen molar-refractivity contribution in [3.05, 3.63) is 22.4 Å². The van der Waals surface area contributed by atoms with Crippen molar-refractivity contribution >= 4 is 17.1 Å². The molecule has 0 radical (unpaired) electrons. The molecule has 0 aliphatic rings. The maximum atomic E-state index is 11.7. The van der Waals surface area contributed by atoms with Crippen LogP contribution in [0.2, 0.25) is 0 Å².